The highest BCUT2D eigenvalue weighted by molar-refractivity contribution is 6.61. The summed E-state index contributed by atoms with van der Waals surface area (Å²) in [6, 6.07) is 15.0. The molecule has 0 unspecified atom stereocenters. The van der Waals surface area contributed by atoms with Crippen molar-refractivity contribution < 1.29 is 9.31 Å². The second-order valence-corrected chi connectivity index (χ2v) is 4.55. The fourth-order valence-corrected chi connectivity index (χ4v) is 2.68. The molecule has 3 rings (SSSR count). The maximum atomic E-state index is 5.30. The Morgan fingerprint density at radius 1 is 0.889 bits per heavy atom. The van der Waals surface area contributed by atoms with Gasteiger partial charge in [-0.15, -0.1) is 0 Å². The third-order valence-corrected chi connectivity index (χ3v) is 3.52. The molecule has 2 aromatic rings. The Bertz CT molecular complexity index is 576. The molecule has 0 N–H and O–H groups in total. The summed E-state index contributed by atoms with van der Waals surface area (Å²) in [5.41, 5.74) is 6.51. The smallest absolute Gasteiger partial charge is 0.410 e. The number of benzene rings is 2. The van der Waals surface area contributed by atoms with Crippen molar-refractivity contribution in [2.24, 2.45) is 0 Å². The molecule has 0 amide bonds. The van der Waals surface area contributed by atoms with E-state index in [0.29, 0.717) is 0 Å². The van der Waals surface area contributed by atoms with Gasteiger partial charge >= 0.3 is 7.12 Å². The number of rotatable bonds is 3. The second-order valence-electron chi connectivity index (χ2n) is 4.55. The number of hydrogen-bond donors (Lipinski definition) is 0. The Kier molecular flexibility index (Phi) is 2.94. The molecule has 0 aromatic heterocycles. The molecule has 2 aromatic carbocycles. The van der Waals surface area contributed by atoms with Crippen LogP contribution in [0.2, 0.25) is 0 Å². The molecular formula is C15H15BO2. The Balaban J connectivity index is 2.03. The van der Waals surface area contributed by atoms with Gasteiger partial charge in [-0.3, -0.25) is 0 Å². The van der Waals surface area contributed by atoms with Gasteiger partial charge in [-0.25, -0.2) is 0 Å². The third-order valence-electron chi connectivity index (χ3n) is 3.52. The normalized spacial score (nSPS) is 12.1. The van der Waals surface area contributed by atoms with E-state index < -0.39 is 0 Å². The highest BCUT2D eigenvalue weighted by atomic mass is 16.6. The summed E-state index contributed by atoms with van der Waals surface area (Å²) < 4.78 is 10.6. The summed E-state index contributed by atoms with van der Waals surface area (Å²) in [6.45, 7) is 0. The zero-order valence-corrected chi connectivity index (χ0v) is 10.6. The first-order chi connectivity index (χ1) is 8.83. The van der Waals surface area contributed by atoms with Crippen molar-refractivity contribution in [3.8, 4) is 11.1 Å². The van der Waals surface area contributed by atoms with Crippen LogP contribution in [0, 0.1) is 0 Å². The van der Waals surface area contributed by atoms with Gasteiger partial charge in [-0.05, 0) is 34.1 Å². The fourth-order valence-electron chi connectivity index (χ4n) is 2.68. The summed E-state index contributed by atoms with van der Waals surface area (Å²) in [5.74, 6) is 0. The van der Waals surface area contributed by atoms with Crippen molar-refractivity contribution in [3.05, 3.63) is 53.6 Å². The van der Waals surface area contributed by atoms with E-state index in [1.54, 1.807) is 14.2 Å². The minimum absolute atomic E-state index is 0.279. The SMILES string of the molecule is COB(OC)c1ccc2c(c1)Cc1ccccc1-2. The van der Waals surface area contributed by atoms with Gasteiger partial charge in [0.15, 0.2) is 0 Å². The molecule has 0 bridgehead atoms. The molecule has 1 aliphatic rings. The highest BCUT2D eigenvalue weighted by Crippen LogP contribution is 2.35. The van der Waals surface area contributed by atoms with Crippen LogP contribution in [0.1, 0.15) is 11.1 Å². The molecule has 0 radical (unpaired) electrons. The van der Waals surface area contributed by atoms with Crippen LogP contribution in [-0.4, -0.2) is 21.3 Å². The molecule has 1 aliphatic carbocycles. The summed E-state index contributed by atoms with van der Waals surface area (Å²) in [4.78, 5) is 0. The van der Waals surface area contributed by atoms with E-state index in [-0.39, 0.29) is 7.12 Å². The lowest BCUT2D eigenvalue weighted by Gasteiger charge is -2.10. The molecular weight excluding hydrogens is 223 g/mol. The van der Waals surface area contributed by atoms with Crippen LogP contribution in [0.15, 0.2) is 42.5 Å². The van der Waals surface area contributed by atoms with Crippen LogP contribution in [0.4, 0.5) is 0 Å². The van der Waals surface area contributed by atoms with Crippen LogP contribution >= 0.6 is 0 Å². The van der Waals surface area contributed by atoms with Gasteiger partial charge < -0.3 is 9.31 Å². The average molecular weight is 238 g/mol. The quantitative estimate of drug-likeness (QED) is 0.651. The molecule has 2 nitrogen and oxygen atoms in total. The Morgan fingerprint density at radius 3 is 2.39 bits per heavy atom. The topological polar surface area (TPSA) is 18.5 Å². The zero-order chi connectivity index (χ0) is 12.5. The van der Waals surface area contributed by atoms with E-state index in [4.69, 9.17) is 9.31 Å². The van der Waals surface area contributed by atoms with E-state index in [2.05, 4.69) is 42.5 Å². The Hall–Kier alpha value is -1.58. The van der Waals surface area contributed by atoms with Gasteiger partial charge in [0.1, 0.15) is 0 Å². The summed E-state index contributed by atoms with van der Waals surface area (Å²) >= 11 is 0. The molecule has 3 heteroatoms. The number of fused-ring (bicyclic) bond motifs is 3. The molecule has 90 valence electrons. The van der Waals surface area contributed by atoms with Crippen LogP contribution in [-0.2, 0) is 15.7 Å². The predicted octanol–water partition coefficient (Wildman–Crippen LogP) is 2.25. The van der Waals surface area contributed by atoms with Crippen molar-refractivity contribution >= 4 is 12.6 Å². The minimum atomic E-state index is -0.279. The first-order valence-corrected chi connectivity index (χ1v) is 6.10. The lowest BCUT2D eigenvalue weighted by Crippen LogP contribution is -2.34. The van der Waals surface area contributed by atoms with Crippen molar-refractivity contribution in [3.63, 3.8) is 0 Å². The van der Waals surface area contributed by atoms with E-state index >= 15 is 0 Å². The number of hydrogen-bond acceptors (Lipinski definition) is 2. The van der Waals surface area contributed by atoms with Crippen molar-refractivity contribution in [2.75, 3.05) is 14.2 Å². The second kappa shape index (κ2) is 4.60. The van der Waals surface area contributed by atoms with Gasteiger partial charge in [-0.1, -0.05) is 42.5 Å². The molecule has 0 saturated heterocycles. The van der Waals surface area contributed by atoms with Crippen LogP contribution in [0.3, 0.4) is 0 Å². The van der Waals surface area contributed by atoms with Gasteiger partial charge in [0.2, 0.25) is 0 Å². The molecule has 0 spiro atoms. The third kappa shape index (κ3) is 1.76. The van der Waals surface area contributed by atoms with Crippen molar-refractivity contribution in [1.82, 2.24) is 0 Å². The van der Waals surface area contributed by atoms with E-state index in [0.717, 1.165) is 11.9 Å². The summed E-state index contributed by atoms with van der Waals surface area (Å²) in [6.07, 6.45) is 0.999. The van der Waals surface area contributed by atoms with Gasteiger partial charge in [0, 0.05) is 14.2 Å². The monoisotopic (exact) mass is 238 g/mol. The first kappa shape index (κ1) is 11.5. The molecule has 0 heterocycles. The Morgan fingerprint density at radius 2 is 1.61 bits per heavy atom. The Labute approximate surface area is 108 Å². The van der Waals surface area contributed by atoms with Gasteiger partial charge in [0.05, 0.1) is 0 Å². The molecule has 0 atom stereocenters. The standard InChI is InChI=1S/C15H15BO2/c1-17-16(18-2)13-7-8-15-12(10-13)9-11-5-3-4-6-14(11)15/h3-8,10H,9H2,1-2H3. The van der Waals surface area contributed by atoms with Crippen molar-refractivity contribution in [1.29, 1.82) is 0 Å². The van der Waals surface area contributed by atoms with Crippen LogP contribution < -0.4 is 5.46 Å². The molecule has 18 heavy (non-hydrogen) atoms. The molecule has 0 aliphatic heterocycles. The lowest BCUT2D eigenvalue weighted by atomic mass is 9.77. The maximum absolute atomic E-state index is 5.30. The largest absolute Gasteiger partial charge is 0.493 e. The maximum Gasteiger partial charge on any atom is 0.493 e. The molecule has 0 fully saturated rings. The van der Waals surface area contributed by atoms with Crippen molar-refractivity contribution in [2.45, 2.75) is 6.42 Å². The van der Waals surface area contributed by atoms with E-state index in [9.17, 15) is 0 Å². The highest BCUT2D eigenvalue weighted by Gasteiger charge is 2.23. The molecule has 0 saturated carbocycles. The zero-order valence-electron chi connectivity index (χ0n) is 10.6. The van der Waals surface area contributed by atoms with E-state index in [1.165, 1.54) is 22.3 Å². The van der Waals surface area contributed by atoms with Gasteiger partial charge in [0.25, 0.3) is 0 Å². The van der Waals surface area contributed by atoms with Crippen LogP contribution in [0.25, 0.3) is 11.1 Å². The predicted molar refractivity (Wildman–Crippen MR) is 74.1 cm³/mol. The van der Waals surface area contributed by atoms with E-state index in [1.807, 2.05) is 0 Å². The lowest BCUT2D eigenvalue weighted by molar-refractivity contribution is 0.292. The first-order valence-electron chi connectivity index (χ1n) is 6.10. The fraction of sp³-hybridized carbons (Fsp3) is 0.200. The average Bonchev–Trinajstić information content (AvgIpc) is 2.78. The van der Waals surface area contributed by atoms with Crippen LogP contribution in [0.5, 0.6) is 0 Å². The van der Waals surface area contributed by atoms with Gasteiger partial charge in [-0.2, -0.15) is 0 Å². The summed E-state index contributed by atoms with van der Waals surface area (Å²) in [5, 5.41) is 0. The summed E-state index contributed by atoms with van der Waals surface area (Å²) in [7, 11) is 3.05. The minimum Gasteiger partial charge on any atom is -0.410 e.